The lowest BCUT2D eigenvalue weighted by Gasteiger charge is -2.03. The molecule has 0 aliphatic carbocycles. The molecule has 0 aliphatic rings. The van der Waals surface area contributed by atoms with E-state index in [9.17, 15) is 9.59 Å². The van der Waals surface area contributed by atoms with Crippen molar-refractivity contribution in [3.8, 4) is 0 Å². The van der Waals surface area contributed by atoms with Crippen LogP contribution < -0.4 is 16.8 Å². The van der Waals surface area contributed by atoms with Gasteiger partial charge >= 0.3 is 0 Å². The van der Waals surface area contributed by atoms with Crippen LogP contribution >= 0.6 is 11.3 Å². The van der Waals surface area contributed by atoms with E-state index in [1.165, 1.54) is 11.3 Å². The average molecular weight is 257 g/mol. The van der Waals surface area contributed by atoms with Gasteiger partial charge in [-0.15, -0.1) is 11.3 Å². The summed E-state index contributed by atoms with van der Waals surface area (Å²) in [4.78, 5) is 23.4. The highest BCUT2D eigenvalue weighted by Crippen LogP contribution is 2.22. The van der Waals surface area contributed by atoms with Crippen LogP contribution in [0.4, 0.5) is 5.69 Å². The molecule has 0 bridgehead atoms. The van der Waals surface area contributed by atoms with Crippen LogP contribution in [-0.4, -0.2) is 31.6 Å². The van der Waals surface area contributed by atoms with E-state index < -0.39 is 5.91 Å². The first-order chi connectivity index (χ1) is 8.00. The van der Waals surface area contributed by atoms with E-state index in [2.05, 4.69) is 5.32 Å². The Bertz CT molecular complexity index is 397. The number of hydrogen-bond acceptors (Lipinski definition) is 5. The van der Waals surface area contributed by atoms with E-state index in [1.54, 1.807) is 6.07 Å². The number of carbonyl (C=O) groups excluding carboxylic acids is 2. The van der Waals surface area contributed by atoms with E-state index in [0.717, 1.165) is 4.88 Å². The second-order valence-corrected chi connectivity index (χ2v) is 4.65. The van der Waals surface area contributed by atoms with Gasteiger partial charge in [0.05, 0.1) is 11.5 Å². The molecule has 17 heavy (non-hydrogen) atoms. The van der Waals surface area contributed by atoms with Crippen molar-refractivity contribution in [2.45, 2.75) is 6.92 Å². The highest BCUT2D eigenvalue weighted by atomic mass is 32.1. The number of ether oxygens (including phenoxy) is 1. The van der Waals surface area contributed by atoms with Crippen molar-refractivity contribution in [1.82, 2.24) is 5.32 Å². The molecule has 0 unspecified atom stereocenters. The molecule has 7 heteroatoms. The molecular weight excluding hydrogens is 242 g/mol. The summed E-state index contributed by atoms with van der Waals surface area (Å²) < 4.78 is 4.90. The van der Waals surface area contributed by atoms with Crippen molar-refractivity contribution in [2.24, 2.45) is 5.73 Å². The Labute approximate surface area is 103 Å². The van der Waals surface area contributed by atoms with Gasteiger partial charge in [-0.25, -0.2) is 0 Å². The maximum absolute atomic E-state index is 11.6. The molecule has 0 radical (unpaired) electrons. The Hall–Kier alpha value is -1.60. The lowest BCUT2D eigenvalue weighted by molar-refractivity contribution is -0.122. The number of amides is 2. The van der Waals surface area contributed by atoms with Crippen LogP contribution in [0.25, 0.3) is 0 Å². The third kappa shape index (κ3) is 4.41. The SMILES string of the molecule is Cc1sc(C(=O)NCCOCC(N)=O)cc1N. The maximum atomic E-state index is 11.6. The second-order valence-electron chi connectivity index (χ2n) is 3.40. The van der Waals surface area contributed by atoms with Crippen LogP contribution in [0.1, 0.15) is 14.5 Å². The molecule has 0 spiro atoms. The van der Waals surface area contributed by atoms with Gasteiger partial charge < -0.3 is 21.5 Å². The molecule has 1 aromatic heterocycles. The minimum Gasteiger partial charge on any atom is -0.398 e. The quantitative estimate of drug-likeness (QED) is 0.617. The van der Waals surface area contributed by atoms with Crippen LogP contribution in [0.2, 0.25) is 0 Å². The fourth-order valence-corrected chi connectivity index (χ4v) is 1.96. The van der Waals surface area contributed by atoms with E-state index in [-0.39, 0.29) is 19.1 Å². The summed E-state index contributed by atoms with van der Waals surface area (Å²) in [7, 11) is 0. The van der Waals surface area contributed by atoms with E-state index in [4.69, 9.17) is 16.2 Å². The van der Waals surface area contributed by atoms with Gasteiger partial charge in [-0.05, 0) is 13.0 Å². The number of rotatable bonds is 6. The molecule has 2 amide bonds. The average Bonchev–Trinajstić information content (AvgIpc) is 2.58. The lowest BCUT2D eigenvalue weighted by atomic mass is 10.3. The number of nitrogen functional groups attached to an aromatic ring is 1. The molecule has 0 saturated heterocycles. The van der Waals surface area contributed by atoms with Crippen LogP contribution in [-0.2, 0) is 9.53 Å². The van der Waals surface area contributed by atoms with Crippen LogP contribution in [0.5, 0.6) is 0 Å². The monoisotopic (exact) mass is 257 g/mol. The molecule has 94 valence electrons. The summed E-state index contributed by atoms with van der Waals surface area (Å²) in [5, 5.41) is 2.65. The second kappa shape index (κ2) is 6.21. The minimum atomic E-state index is -0.530. The number of thiophene rings is 1. The highest BCUT2D eigenvalue weighted by molar-refractivity contribution is 7.14. The Balaban J connectivity index is 2.28. The standard InChI is InChI=1S/C10H15N3O3S/c1-6-7(11)4-8(17-6)10(15)13-2-3-16-5-9(12)14/h4H,2-3,5,11H2,1H3,(H2,12,14)(H,13,15). The number of nitrogens with one attached hydrogen (secondary N) is 1. The smallest absolute Gasteiger partial charge is 0.261 e. The summed E-state index contributed by atoms with van der Waals surface area (Å²) in [6.07, 6.45) is 0. The number of aryl methyl sites for hydroxylation is 1. The van der Waals surface area contributed by atoms with Gasteiger partial charge in [0.15, 0.2) is 0 Å². The summed E-state index contributed by atoms with van der Waals surface area (Å²) in [6, 6.07) is 1.64. The third-order valence-electron chi connectivity index (χ3n) is 1.96. The first kappa shape index (κ1) is 13.5. The van der Waals surface area contributed by atoms with Crippen molar-refractivity contribution >= 4 is 28.8 Å². The lowest BCUT2D eigenvalue weighted by Crippen LogP contribution is -2.28. The predicted octanol–water partition coefficient (Wildman–Crippen LogP) is -0.130. The Morgan fingerprint density at radius 3 is 2.76 bits per heavy atom. The zero-order chi connectivity index (χ0) is 12.8. The van der Waals surface area contributed by atoms with Crippen molar-refractivity contribution in [1.29, 1.82) is 0 Å². The van der Waals surface area contributed by atoms with E-state index in [1.807, 2.05) is 6.92 Å². The minimum absolute atomic E-state index is 0.138. The highest BCUT2D eigenvalue weighted by Gasteiger charge is 2.09. The van der Waals surface area contributed by atoms with Crippen LogP contribution in [0.3, 0.4) is 0 Å². The van der Waals surface area contributed by atoms with Crippen molar-refractivity contribution < 1.29 is 14.3 Å². The molecule has 0 fully saturated rings. The Morgan fingerprint density at radius 2 is 2.24 bits per heavy atom. The molecule has 0 saturated carbocycles. The summed E-state index contributed by atoms with van der Waals surface area (Å²) in [5.74, 6) is -0.726. The third-order valence-corrected chi connectivity index (χ3v) is 3.02. The number of primary amides is 1. The van der Waals surface area contributed by atoms with Gasteiger partial charge in [0.25, 0.3) is 5.91 Å². The number of carbonyl (C=O) groups is 2. The van der Waals surface area contributed by atoms with Gasteiger partial charge in [-0.3, -0.25) is 9.59 Å². The summed E-state index contributed by atoms with van der Waals surface area (Å²) in [6.45, 7) is 2.28. The fourth-order valence-electron chi connectivity index (χ4n) is 1.10. The van der Waals surface area contributed by atoms with Gasteiger partial charge in [0, 0.05) is 17.1 Å². The topological polar surface area (TPSA) is 107 Å². The van der Waals surface area contributed by atoms with Crippen LogP contribution in [0.15, 0.2) is 6.07 Å². The number of nitrogens with two attached hydrogens (primary N) is 2. The normalized spacial score (nSPS) is 10.2. The molecule has 0 aliphatic heterocycles. The van der Waals surface area contributed by atoms with Gasteiger partial charge in [-0.1, -0.05) is 0 Å². The first-order valence-electron chi connectivity index (χ1n) is 5.01. The molecule has 0 aromatic carbocycles. The van der Waals surface area contributed by atoms with Crippen molar-refractivity contribution in [3.63, 3.8) is 0 Å². The van der Waals surface area contributed by atoms with Crippen molar-refractivity contribution in [2.75, 3.05) is 25.5 Å². The largest absolute Gasteiger partial charge is 0.398 e. The first-order valence-corrected chi connectivity index (χ1v) is 5.82. The number of hydrogen-bond donors (Lipinski definition) is 3. The van der Waals surface area contributed by atoms with E-state index >= 15 is 0 Å². The molecular formula is C10H15N3O3S. The number of anilines is 1. The van der Waals surface area contributed by atoms with Gasteiger partial charge in [0.2, 0.25) is 5.91 Å². The maximum Gasteiger partial charge on any atom is 0.261 e. The van der Waals surface area contributed by atoms with Gasteiger partial charge in [-0.2, -0.15) is 0 Å². The van der Waals surface area contributed by atoms with E-state index in [0.29, 0.717) is 17.1 Å². The molecule has 1 aromatic rings. The summed E-state index contributed by atoms with van der Waals surface area (Å²) in [5.41, 5.74) is 11.1. The molecule has 6 nitrogen and oxygen atoms in total. The molecule has 5 N–H and O–H groups in total. The van der Waals surface area contributed by atoms with Crippen molar-refractivity contribution in [3.05, 3.63) is 15.8 Å². The molecule has 1 heterocycles. The predicted molar refractivity (Wildman–Crippen MR) is 65.8 cm³/mol. The van der Waals surface area contributed by atoms with Crippen LogP contribution in [0, 0.1) is 6.92 Å². The molecule has 1 rings (SSSR count). The van der Waals surface area contributed by atoms with Gasteiger partial charge in [0.1, 0.15) is 6.61 Å². The zero-order valence-electron chi connectivity index (χ0n) is 9.49. The molecule has 0 atom stereocenters. The summed E-state index contributed by atoms with van der Waals surface area (Å²) >= 11 is 1.34. The Kier molecular flexibility index (Phi) is 4.92. The zero-order valence-corrected chi connectivity index (χ0v) is 10.3. The Morgan fingerprint density at radius 1 is 1.53 bits per heavy atom. The fraction of sp³-hybridized carbons (Fsp3) is 0.400.